The first-order chi connectivity index (χ1) is 41.5. The first-order valence-electron chi connectivity index (χ1n) is 37.9. The number of hydrogen-bond donors (Lipinski definition) is 3. The quantitative estimate of drug-likeness (QED) is 0.0320. The molecule has 494 valence electrons. The van der Waals surface area contributed by atoms with Gasteiger partial charge >= 0.3 is 5.97 Å². The first kappa shape index (κ1) is 81.8. The first-order valence-corrected chi connectivity index (χ1v) is 37.9. The fraction of sp³-hybridized carbons (Fsp3) is 0.872. The van der Waals surface area contributed by atoms with E-state index in [1.54, 1.807) is 6.08 Å². The van der Waals surface area contributed by atoms with Crippen LogP contribution in [-0.4, -0.2) is 47.4 Å². The molecule has 0 radical (unpaired) electrons. The van der Waals surface area contributed by atoms with Crippen LogP contribution in [0.25, 0.3) is 0 Å². The highest BCUT2D eigenvalue weighted by molar-refractivity contribution is 5.76. The van der Waals surface area contributed by atoms with Crippen LogP contribution in [0.1, 0.15) is 412 Å². The predicted octanol–water partition coefficient (Wildman–Crippen LogP) is 24.8. The van der Waals surface area contributed by atoms with Crippen molar-refractivity contribution in [3.63, 3.8) is 0 Å². The highest BCUT2D eigenvalue weighted by Gasteiger charge is 2.18. The molecule has 2 unspecified atom stereocenters. The number of aliphatic hydroxyl groups excluding tert-OH is 2. The molecule has 0 aliphatic rings. The molecule has 6 nitrogen and oxygen atoms in total. The van der Waals surface area contributed by atoms with Crippen molar-refractivity contribution in [2.24, 2.45) is 0 Å². The molecule has 3 N–H and O–H groups in total. The van der Waals surface area contributed by atoms with Gasteiger partial charge in [0.1, 0.15) is 0 Å². The number of rotatable bonds is 71. The number of aliphatic hydroxyl groups is 2. The molecular weight excluding hydrogens is 1030 g/mol. The van der Waals surface area contributed by atoms with Crippen LogP contribution in [0.5, 0.6) is 0 Å². The lowest BCUT2D eigenvalue weighted by molar-refractivity contribution is -0.143. The molecule has 0 aliphatic carbocycles. The third-order valence-corrected chi connectivity index (χ3v) is 17.6. The zero-order valence-electron chi connectivity index (χ0n) is 56.6. The van der Waals surface area contributed by atoms with Crippen LogP contribution in [0, 0.1) is 0 Å². The topological polar surface area (TPSA) is 95.9 Å². The number of carbonyl (C=O) groups is 2. The molecule has 0 heterocycles. The fourth-order valence-corrected chi connectivity index (χ4v) is 11.8. The van der Waals surface area contributed by atoms with Crippen molar-refractivity contribution in [2.45, 2.75) is 424 Å². The number of hydrogen-bond acceptors (Lipinski definition) is 5. The number of amides is 1. The van der Waals surface area contributed by atoms with E-state index in [0.717, 1.165) is 51.4 Å². The van der Waals surface area contributed by atoms with Gasteiger partial charge in [-0.05, 0) is 83.5 Å². The molecule has 0 bridgehead atoms. The maximum absolute atomic E-state index is 12.5. The van der Waals surface area contributed by atoms with Gasteiger partial charge in [0.15, 0.2) is 0 Å². The number of allylic oxidation sites excluding steroid dienone is 7. The van der Waals surface area contributed by atoms with Crippen molar-refractivity contribution in [3.05, 3.63) is 48.6 Å². The Morgan fingerprint density at radius 2 is 0.607 bits per heavy atom. The van der Waals surface area contributed by atoms with Gasteiger partial charge in [0.25, 0.3) is 0 Å². The second-order valence-electron chi connectivity index (χ2n) is 26.0. The Hall–Kier alpha value is -2.18. The van der Waals surface area contributed by atoms with Gasteiger partial charge in [-0.2, -0.15) is 0 Å². The van der Waals surface area contributed by atoms with Crippen LogP contribution in [-0.2, 0) is 14.3 Å². The number of ether oxygens (including phenoxy) is 1. The van der Waals surface area contributed by atoms with Crippen molar-refractivity contribution in [1.82, 2.24) is 5.32 Å². The highest BCUT2D eigenvalue weighted by Crippen LogP contribution is 2.19. The standard InChI is InChI=1S/C78H147NO5/c1-3-5-7-9-11-13-15-17-19-20-21-37-40-43-46-50-54-58-62-66-70-76(81)75(74-80)79-77(82)71-67-63-59-55-51-47-44-41-38-35-33-31-29-27-25-23-22-24-26-28-30-32-34-36-39-42-45-49-53-57-61-65-69-73-84-78(83)72-68-64-60-56-52-48-18-16-14-12-10-8-6-4-2/h10,12,16,18,26,28,66,70,75-76,80-81H,3-9,11,13-15,17,19-25,27,29-65,67-69,71-74H2,1-2H3,(H,79,82)/b12-10-,18-16-,28-26-,70-66+. The molecule has 1 amide bonds. The Morgan fingerprint density at radius 3 is 0.952 bits per heavy atom. The van der Waals surface area contributed by atoms with E-state index in [-0.39, 0.29) is 18.5 Å². The summed E-state index contributed by atoms with van der Waals surface area (Å²) in [6.45, 7) is 4.89. The van der Waals surface area contributed by atoms with Crippen LogP contribution in [0.4, 0.5) is 0 Å². The summed E-state index contributed by atoms with van der Waals surface area (Å²) in [4.78, 5) is 24.6. The number of unbranched alkanes of at least 4 members (excludes halogenated alkanes) is 54. The lowest BCUT2D eigenvalue weighted by Crippen LogP contribution is -2.45. The molecule has 0 aliphatic heterocycles. The van der Waals surface area contributed by atoms with Gasteiger partial charge in [-0.1, -0.05) is 364 Å². The molecule has 0 aromatic carbocycles. The SMILES string of the molecule is CCCC/C=C\C/C=C\CCCCCCCC(=O)OCCCCCCCCCCCCCC/C=C\CCCCCCCCCCCCCCCCCCCC(=O)NC(CO)C(O)/C=C/CCCCCCCCCCCCCCCCCCCC. The van der Waals surface area contributed by atoms with Crippen LogP contribution in [0.3, 0.4) is 0 Å². The van der Waals surface area contributed by atoms with E-state index < -0.39 is 12.1 Å². The molecule has 0 spiro atoms. The molecule has 0 saturated heterocycles. The monoisotopic (exact) mass is 1180 g/mol. The van der Waals surface area contributed by atoms with E-state index in [1.165, 1.54) is 334 Å². The van der Waals surface area contributed by atoms with Crippen molar-refractivity contribution >= 4 is 11.9 Å². The van der Waals surface area contributed by atoms with E-state index in [0.29, 0.717) is 19.4 Å². The summed E-state index contributed by atoms with van der Waals surface area (Å²) in [5.41, 5.74) is 0. The maximum Gasteiger partial charge on any atom is 0.305 e. The predicted molar refractivity (Wildman–Crippen MR) is 370 cm³/mol. The molecule has 84 heavy (non-hydrogen) atoms. The van der Waals surface area contributed by atoms with Crippen molar-refractivity contribution in [3.8, 4) is 0 Å². The Balaban J connectivity index is 3.38. The summed E-state index contributed by atoms with van der Waals surface area (Å²) in [7, 11) is 0. The summed E-state index contributed by atoms with van der Waals surface area (Å²) in [5, 5.41) is 23.3. The van der Waals surface area contributed by atoms with Gasteiger partial charge in [-0.15, -0.1) is 0 Å². The second kappa shape index (κ2) is 73.3. The smallest absolute Gasteiger partial charge is 0.305 e. The van der Waals surface area contributed by atoms with Crippen molar-refractivity contribution < 1.29 is 24.5 Å². The van der Waals surface area contributed by atoms with E-state index in [1.807, 2.05) is 6.08 Å². The molecule has 0 aromatic rings. The summed E-state index contributed by atoms with van der Waals surface area (Å²) in [6, 6.07) is -0.627. The van der Waals surface area contributed by atoms with Crippen LogP contribution < -0.4 is 5.32 Å². The second-order valence-corrected chi connectivity index (χ2v) is 26.0. The Bertz CT molecular complexity index is 1400. The van der Waals surface area contributed by atoms with E-state index >= 15 is 0 Å². The van der Waals surface area contributed by atoms with Crippen LogP contribution in [0.15, 0.2) is 48.6 Å². The zero-order valence-corrected chi connectivity index (χ0v) is 56.6. The highest BCUT2D eigenvalue weighted by atomic mass is 16.5. The van der Waals surface area contributed by atoms with Gasteiger partial charge in [-0.3, -0.25) is 9.59 Å². The third kappa shape index (κ3) is 68.9. The molecule has 0 fully saturated rings. The summed E-state index contributed by atoms with van der Waals surface area (Å²) >= 11 is 0. The average Bonchev–Trinajstić information content (AvgIpc) is 3.51. The number of carbonyl (C=O) groups excluding carboxylic acids is 2. The summed E-state index contributed by atoms with van der Waals surface area (Å²) < 4.78 is 5.48. The molecular formula is C78H147NO5. The fourth-order valence-electron chi connectivity index (χ4n) is 11.8. The molecule has 6 heteroatoms. The zero-order chi connectivity index (χ0) is 60.6. The van der Waals surface area contributed by atoms with Gasteiger partial charge in [0, 0.05) is 12.8 Å². The molecule has 0 aromatic heterocycles. The molecule has 0 rings (SSSR count). The van der Waals surface area contributed by atoms with Crippen molar-refractivity contribution in [1.29, 1.82) is 0 Å². The normalized spacial score (nSPS) is 12.8. The van der Waals surface area contributed by atoms with E-state index in [4.69, 9.17) is 4.74 Å². The average molecular weight is 1180 g/mol. The van der Waals surface area contributed by atoms with Crippen LogP contribution in [0.2, 0.25) is 0 Å². The summed E-state index contributed by atoms with van der Waals surface area (Å²) in [5.74, 6) is -0.0573. The Labute approximate surface area is 525 Å². The Kier molecular flexibility index (Phi) is 71.4. The summed E-state index contributed by atoms with van der Waals surface area (Å²) in [6.07, 6.45) is 96.5. The lowest BCUT2D eigenvalue weighted by atomic mass is 10.0. The lowest BCUT2D eigenvalue weighted by Gasteiger charge is -2.20. The minimum absolute atomic E-state index is 0.00399. The van der Waals surface area contributed by atoms with Gasteiger partial charge in [-0.25, -0.2) is 0 Å². The third-order valence-electron chi connectivity index (χ3n) is 17.6. The largest absolute Gasteiger partial charge is 0.466 e. The van der Waals surface area contributed by atoms with E-state index in [9.17, 15) is 19.8 Å². The number of nitrogens with one attached hydrogen (secondary N) is 1. The minimum Gasteiger partial charge on any atom is -0.466 e. The van der Waals surface area contributed by atoms with Crippen molar-refractivity contribution in [2.75, 3.05) is 13.2 Å². The van der Waals surface area contributed by atoms with Crippen LogP contribution >= 0.6 is 0 Å². The number of esters is 1. The van der Waals surface area contributed by atoms with E-state index in [2.05, 4.69) is 55.6 Å². The molecule has 0 saturated carbocycles. The Morgan fingerprint density at radius 1 is 0.333 bits per heavy atom. The van der Waals surface area contributed by atoms with Gasteiger partial charge < -0.3 is 20.3 Å². The van der Waals surface area contributed by atoms with Gasteiger partial charge in [0.2, 0.25) is 5.91 Å². The molecule has 2 atom stereocenters. The maximum atomic E-state index is 12.5. The minimum atomic E-state index is -0.844. The van der Waals surface area contributed by atoms with Gasteiger partial charge in [0.05, 0.1) is 25.4 Å².